The number of nitrogens with zero attached hydrogens (tertiary/aromatic N) is 5. The van der Waals surface area contributed by atoms with Gasteiger partial charge in [-0.15, -0.1) is 0 Å². The number of carbonyl (C=O) groups excluding carboxylic acids is 1. The van der Waals surface area contributed by atoms with Crippen LogP contribution in [-0.4, -0.2) is 65.3 Å². The van der Waals surface area contributed by atoms with E-state index in [1.54, 1.807) is 11.6 Å². The van der Waals surface area contributed by atoms with Crippen LogP contribution >= 0.6 is 0 Å². The van der Waals surface area contributed by atoms with Crippen LogP contribution in [0.15, 0.2) is 35.7 Å². The van der Waals surface area contributed by atoms with Gasteiger partial charge in [0.15, 0.2) is 5.69 Å². The number of nitriles is 1. The summed E-state index contributed by atoms with van der Waals surface area (Å²) in [5.74, 6) is 0.475. The van der Waals surface area contributed by atoms with Crippen LogP contribution in [0.4, 0.5) is 5.69 Å². The smallest absolute Gasteiger partial charge is 0.219 e. The Hall–Kier alpha value is -3.64. The van der Waals surface area contributed by atoms with E-state index in [9.17, 15) is 10.1 Å². The number of ether oxygens (including phenoxy) is 1. The summed E-state index contributed by atoms with van der Waals surface area (Å²) in [6, 6.07) is 8.55. The lowest BCUT2D eigenvalue weighted by molar-refractivity contribution is -0.128. The fourth-order valence-electron chi connectivity index (χ4n) is 5.05. The minimum absolute atomic E-state index is 0.0322. The van der Waals surface area contributed by atoms with Crippen LogP contribution in [-0.2, 0) is 23.0 Å². The van der Waals surface area contributed by atoms with Crippen molar-refractivity contribution in [3.63, 3.8) is 0 Å². The highest BCUT2D eigenvalue weighted by Crippen LogP contribution is 2.35. The first-order valence-electron chi connectivity index (χ1n) is 11.7. The molecule has 1 aromatic carbocycles. The fourth-order valence-corrected chi connectivity index (χ4v) is 5.05. The van der Waals surface area contributed by atoms with Crippen molar-refractivity contribution in [1.29, 1.82) is 10.7 Å². The Morgan fingerprint density at radius 1 is 1.32 bits per heavy atom. The molecule has 5 rings (SSSR count). The molecule has 3 aliphatic heterocycles. The molecular formula is C25H29N7O2. The predicted molar refractivity (Wildman–Crippen MR) is 128 cm³/mol. The molecule has 0 saturated carbocycles. The first-order chi connectivity index (χ1) is 16.4. The molecule has 1 fully saturated rings. The number of anilines is 1. The van der Waals surface area contributed by atoms with E-state index < -0.39 is 0 Å². The second-order valence-corrected chi connectivity index (χ2v) is 9.12. The fraction of sp³-hybridized carbons (Fsp3) is 0.440. The summed E-state index contributed by atoms with van der Waals surface area (Å²) in [5, 5.41) is 26.4. The number of fused-ring (bicyclic) bond motifs is 1. The maximum atomic E-state index is 12.1. The monoisotopic (exact) mass is 459 g/mol. The highest BCUT2D eigenvalue weighted by molar-refractivity contribution is 6.10. The number of hydrogen-bond acceptors (Lipinski definition) is 6. The molecule has 1 atom stereocenters. The number of aromatic nitrogens is 2. The summed E-state index contributed by atoms with van der Waals surface area (Å²) >= 11 is 0. The molecule has 2 N–H and O–H groups in total. The Morgan fingerprint density at radius 3 is 2.91 bits per heavy atom. The zero-order valence-corrected chi connectivity index (χ0v) is 19.6. The Kier molecular flexibility index (Phi) is 5.84. The zero-order valence-electron chi connectivity index (χ0n) is 19.6. The third-order valence-electron chi connectivity index (χ3n) is 6.87. The van der Waals surface area contributed by atoms with Gasteiger partial charge in [-0.3, -0.25) is 14.9 Å². The molecule has 9 nitrogen and oxygen atoms in total. The van der Waals surface area contributed by atoms with Crippen molar-refractivity contribution in [1.82, 2.24) is 20.0 Å². The topological polar surface area (TPSA) is 110 Å². The van der Waals surface area contributed by atoms with Crippen LogP contribution in [0, 0.1) is 16.7 Å². The number of amidine groups is 1. The number of amides is 1. The van der Waals surface area contributed by atoms with E-state index in [4.69, 9.17) is 10.1 Å². The standard InChI is InChI=1S/C25H29N7O2/c1-16(33)31-8-6-22(28-19-7-10-34-15-19)21(14-31)25(27)32-9-5-18-11-17(3-4-24(18)32)20-13-30(2)29-23(20)12-26/h3-4,11,13,19,27-28H,5-10,14-15H2,1-2H3. The quantitative estimate of drug-likeness (QED) is 0.536. The molecule has 0 radical (unpaired) electrons. The lowest BCUT2D eigenvalue weighted by Gasteiger charge is -2.34. The molecular weight excluding hydrogens is 430 g/mol. The van der Waals surface area contributed by atoms with Gasteiger partial charge < -0.3 is 19.9 Å². The van der Waals surface area contributed by atoms with Crippen molar-refractivity contribution in [2.45, 2.75) is 32.2 Å². The SMILES string of the molecule is CC(=O)N1CCC(NC2CCOC2)=C(C(=N)N2CCc3cc(-c4cn(C)nc4C#N)ccc32)C1. The van der Waals surface area contributed by atoms with E-state index in [-0.39, 0.29) is 11.9 Å². The average molecular weight is 460 g/mol. The molecule has 0 spiro atoms. The Bertz CT molecular complexity index is 1220. The van der Waals surface area contributed by atoms with Gasteiger partial charge >= 0.3 is 0 Å². The van der Waals surface area contributed by atoms with E-state index in [1.807, 2.05) is 35.2 Å². The van der Waals surface area contributed by atoms with Gasteiger partial charge in [-0.2, -0.15) is 10.4 Å². The highest BCUT2D eigenvalue weighted by Gasteiger charge is 2.31. The minimum Gasteiger partial charge on any atom is -0.383 e. The number of hydrogen-bond donors (Lipinski definition) is 2. The molecule has 176 valence electrons. The van der Waals surface area contributed by atoms with Crippen molar-refractivity contribution in [2.75, 3.05) is 37.7 Å². The molecule has 1 aromatic heterocycles. The van der Waals surface area contributed by atoms with Crippen molar-refractivity contribution in [3.8, 4) is 17.2 Å². The molecule has 1 unspecified atom stereocenters. The molecule has 1 saturated heterocycles. The second kappa shape index (κ2) is 8.95. The largest absolute Gasteiger partial charge is 0.383 e. The van der Waals surface area contributed by atoms with E-state index in [1.165, 1.54) is 0 Å². The van der Waals surface area contributed by atoms with Gasteiger partial charge in [0.25, 0.3) is 0 Å². The maximum absolute atomic E-state index is 12.1. The van der Waals surface area contributed by atoms with Crippen LogP contribution in [0.1, 0.15) is 31.0 Å². The zero-order chi connectivity index (χ0) is 23.8. The molecule has 2 aromatic rings. The first kappa shape index (κ1) is 22.2. The predicted octanol–water partition coefficient (Wildman–Crippen LogP) is 2.18. The van der Waals surface area contributed by atoms with Gasteiger partial charge in [0.05, 0.1) is 19.2 Å². The Morgan fingerprint density at radius 2 is 2.18 bits per heavy atom. The summed E-state index contributed by atoms with van der Waals surface area (Å²) in [6.07, 6.45) is 4.35. The highest BCUT2D eigenvalue weighted by atomic mass is 16.5. The molecule has 3 aliphatic rings. The van der Waals surface area contributed by atoms with Crippen molar-refractivity contribution in [3.05, 3.63) is 46.9 Å². The van der Waals surface area contributed by atoms with Crippen LogP contribution in [0.2, 0.25) is 0 Å². The van der Waals surface area contributed by atoms with Gasteiger partial charge in [-0.25, -0.2) is 0 Å². The van der Waals surface area contributed by atoms with E-state index >= 15 is 0 Å². The van der Waals surface area contributed by atoms with Gasteiger partial charge in [-0.1, -0.05) is 6.07 Å². The van der Waals surface area contributed by atoms with Crippen LogP contribution in [0.3, 0.4) is 0 Å². The second-order valence-electron chi connectivity index (χ2n) is 9.12. The average Bonchev–Trinajstić information content (AvgIpc) is 3.58. The summed E-state index contributed by atoms with van der Waals surface area (Å²) in [5.41, 5.74) is 6.27. The van der Waals surface area contributed by atoms with E-state index in [0.29, 0.717) is 44.2 Å². The number of nitrogens with one attached hydrogen (secondary N) is 2. The Labute approximate surface area is 199 Å². The van der Waals surface area contributed by atoms with Gasteiger partial charge in [0.2, 0.25) is 5.91 Å². The molecule has 0 aliphatic carbocycles. The van der Waals surface area contributed by atoms with Crippen LogP contribution < -0.4 is 10.2 Å². The summed E-state index contributed by atoms with van der Waals surface area (Å²) in [6.45, 7) is 4.83. The normalized spacial score (nSPS) is 19.9. The van der Waals surface area contributed by atoms with E-state index in [0.717, 1.165) is 53.1 Å². The summed E-state index contributed by atoms with van der Waals surface area (Å²) in [4.78, 5) is 16.0. The van der Waals surface area contributed by atoms with Crippen molar-refractivity contribution in [2.24, 2.45) is 7.05 Å². The van der Waals surface area contributed by atoms with Gasteiger partial charge in [-0.05, 0) is 36.1 Å². The first-order valence-corrected chi connectivity index (χ1v) is 11.7. The van der Waals surface area contributed by atoms with Crippen molar-refractivity contribution >= 4 is 17.4 Å². The number of benzene rings is 1. The van der Waals surface area contributed by atoms with Gasteiger partial charge in [0, 0.05) is 68.8 Å². The Balaban J connectivity index is 1.44. The maximum Gasteiger partial charge on any atom is 0.219 e. The molecule has 1 amide bonds. The molecule has 4 heterocycles. The molecule has 0 bridgehead atoms. The number of carbonyl (C=O) groups is 1. The third kappa shape index (κ3) is 4.05. The summed E-state index contributed by atoms with van der Waals surface area (Å²) in [7, 11) is 1.81. The van der Waals surface area contributed by atoms with Crippen LogP contribution in [0.25, 0.3) is 11.1 Å². The lowest BCUT2D eigenvalue weighted by Crippen LogP contribution is -2.44. The summed E-state index contributed by atoms with van der Waals surface area (Å²) < 4.78 is 7.18. The van der Waals surface area contributed by atoms with Crippen molar-refractivity contribution < 1.29 is 9.53 Å². The third-order valence-corrected chi connectivity index (χ3v) is 6.87. The number of rotatable bonds is 4. The van der Waals surface area contributed by atoms with Gasteiger partial charge in [0.1, 0.15) is 11.9 Å². The lowest BCUT2D eigenvalue weighted by atomic mass is 10.0. The van der Waals surface area contributed by atoms with E-state index in [2.05, 4.69) is 22.6 Å². The minimum atomic E-state index is 0.0322. The molecule has 9 heteroatoms. The number of aryl methyl sites for hydroxylation is 1. The molecule has 34 heavy (non-hydrogen) atoms. The van der Waals surface area contributed by atoms with Crippen LogP contribution in [0.5, 0.6) is 0 Å².